The maximum atomic E-state index is 13.6. The van der Waals surface area contributed by atoms with Gasteiger partial charge in [0.15, 0.2) is 11.6 Å². The predicted octanol–water partition coefficient (Wildman–Crippen LogP) is 1.75. The second-order valence-electron chi connectivity index (χ2n) is 5.20. The molecule has 1 amide bonds. The van der Waals surface area contributed by atoms with Crippen LogP contribution in [-0.4, -0.2) is 37.6 Å². The van der Waals surface area contributed by atoms with Crippen molar-refractivity contribution < 1.29 is 18.3 Å². The Morgan fingerprint density at radius 2 is 2.05 bits per heavy atom. The van der Waals surface area contributed by atoms with Crippen molar-refractivity contribution in [1.82, 2.24) is 4.90 Å². The summed E-state index contributed by atoms with van der Waals surface area (Å²) in [6.45, 7) is 1.49. The van der Waals surface area contributed by atoms with Gasteiger partial charge in [-0.05, 0) is 30.9 Å². The Morgan fingerprint density at radius 1 is 1.43 bits per heavy atom. The average Bonchev–Trinajstić information content (AvgIpc) is 3.26. The Hall–Kier alpha value is -1.73. The molecule has 21 heavy (non-hydrogen) atoms. The molecular weight excluding hydrogens is 280 g/mol. The van der Waals surface area contributed by atoms with Crippen LogP contribution in [0.25, 0.3) is 0 Å². The fourth-order valence-electron chi connectivity index (χ4n) is 1.89. The molecule has 2 rings (SSSR count). The summed E-state index contributed by atoms with van der Waals surface area (Å²) in [4.78, 5) is 13.4. The number of rotatable bonds is 7. The molecule has 1 aliphatic carbocycles. The van der Waals surface area contributed by atoms with Crippen LogP contribution in [0.15, 0.2) is 12.1 Å². The molecule has 1 aromatic rings. The van der Waals surface area contributed by atoms with Crippen LogP contribution in [0, 0.1) is 17.6 Å². The fraction of sp³-hybridized carbons (Fsp3) is 0.500. The number of amides is 1. The highest BCUT2D eigenvalue weighted by molar-refractivity contribution is 5.94. The third-order valence-corrected chi connectivity index (χ3v) is 3.40. The fourth-order valence-corrected chi connectivity index (χ4v) is 1.89. The van der Waals surface area contributed by atoms with E-state index in [1.807, 2.05) is 5.43 Å². The average molecular weight is 299 g/mol. The zero-order chi connectivity index (χ0) is 15.4. The van der Waals surface area contributed by atoms with E-state index < -0.39 is 23.2 Å². The molecule has 0 atom stereocenters. The van der Waals surface area contributed by atoms with Gasteiger partial charge in [-0.2, -0.15) is 0 Å². The Bertz CT molecular complexity index is 498. The van der Waals surface area contributed by atoms with Gasteiger partial charge in [0, 0.05) is 25.8 Å². The van der Waals surface area contributed by atoms with E-state index >= 15 is 0 Å². The molecule has 1 saturated carbocycles. The van der Waals surface area contributed by atoms with Crippen molar-refractivity contribution in [3.8, 4) is 0 Å². The number of halogens is 2. The quantitative estimate of drug-likeness (QED) is 0.457. The van der Waals surface area contributed by atoms with Gasteiger partial charge in [0.1, 0.15) is 5.69 Å². The first kappa shape index (κ1) is 15.7. The number of hydrogen-bond donors (Lipinski definition) is 2. The Kier molecular flexibility index (Phi) is 5.08. The molecule has 7 heteroatoms. The Balaban J connectivity index is 1.91. The second-order valence-corrected chi connectivity index (χ2v) is 5.20. The number of nitrogens with zero attached hydrogens (tertiary/aromatic N) is 1. The van der Waals surface area contributed by atoms with Gasteiger partial charge >= 0.3 is 0 Å². The lowest BCUT2D eigenvalue weighted by molar-refractivity contribution is 0.0680. The predicted molar refractivity (Wildman–Crippen MR) is 74.7 cm³/mol. The van der Waals surface area contributed by atoms with E-state index in [2.05, 4.69) is 0 Å². The number of benzene rings is 1. The number of nitrogens with one attached hydrogen (secondary N) is 1. The summed E-state index contributed by atoms with van der Waals surface area (Å²) in [6.07, 6.45) is 2.41. The van der Waals surface area contributed by atoms with E-state index in [9.17, 15) is 13.6 Å². The third kappa shape index (κ3) is 4.12. The monoisotopic (exact) mass is 299 g/mol. The molecule has 0 spiro atoms. The Morgan fingerprint density at radius 3 is 2.57 bits per heavy atom. The van der Waals surface area contributed by atoms with Crippen molar-refractivity contribution in [2.24, 2.45) is 11.8 Å². The molecule has 0 bridgehead atoms. The minimum absolute atomic E-state index is 0.0614. The van der Waals surface area contributed by atoms with Gasteiger partial charge in [-0.1, -0.05) is 0 Å². The first-order valence-electron chi connectivity index (χ1n) is 6.81. The summed E-state index contributed by atoms with van der Waals surface area (Å²) in [5.74, 6) is 3.39. The maximum Gasteiger partial charge on any atom is 0.253 e. The van der Waals surface area contributed by atoms with Crippen molar-refractivity contribution in [2.75, 3.05) is 32.2 Å². The van der Waals surface area contributed by atoms with Gasteiger partial charge < -0.3 is 15.1 Å². The lowest BCUT2D eigenvalue weighted by Crippen LogP contribution is -2.30. The second kappa shape index (κ2) is 6.82. The number of nitrogens with two attached hydrogens (primary N) is 1. The molecular formula is C14H19F2N3O2. The number of likely N-dealkylation sites (N-methyl/N-ethyl adjacent to an activating group) is 1. The molecule has 116 valence electrons. The summed E-state index contributed by atoms with van der Waals surface area (Å²) < 4.78 is 32.5. The molecule has 0 aliphatic heterocycles. The van der Waals surface area contributed by atoms with E-state index in [0.29, 0.717) is 25.7 Å². The summed E-state index contributed by atoms with van der Waals surface area (Å²) in [5, 5.41) is 0. The molecule has 1 aromatic carbocycles. The van der Waals surface area contributed by atoms with E-state index in [0.717, 1.165) is 12.1 Å². The number of carbonyl (C=O) groups excluding carboxylic acids is 1. The number of ether oxygens (including phenoxy) is 1. The molecule has 0 saturated heterocycles. The van der Waals surface area contributed by atoms with E-state index in [-0.39, 0.29) is 5.56 Å². The molecule has 3 N–H and O–H groups in total. The van der Waals surface area contributed by atoms with E-state index in [1.165, 1.54) is 17.7 Å². The highest BCUT2D eigenvalue weighted by atomic mass is 19.1. The number of hydrogen-bond acceptors (Lipinski definition) is 4. The lowest BCUT2D eigenvalue weighted by atomic mass is 10.1. The van der Waals surface area contributed by atoms with E-state index in [4.69, 9.17) is 10.6 Å². The first-order chi connectivity index (χ1) is 10.0. The van der Waals surface area contributed by atoms with Gasteiger partial charge in [0.2, 0.25) is 0 Å². The van der Waals surface area contributed by atoms with Gasteiger partial charge in [0.25, 0.3) is 5.91 Å². The molecule has 0 radical (unpaired) electrons. The summed E-state index contributed by atoms with van der Waals surface area (Å²) in [6, 6.07) is 1.92. The topological polar surface area (TPSA) is 67.6 Å². The van der Waals surface area contributed by atoms with Crippen LogP contribution in [0.3, 0.4) is 0 Å². The molecule has 0 aromatic heterocycles. The third-order valence-electron chi connectivity index (χ3n) is 3.40. The van der Waals surface area contributed by atoms with E-state index in [1.54, 1.807) is 7.05 Å². The molecule has 1 aliphatic rings. The number of nitrogen functional groups attached to an aromatic ring is 1. The zero-order valence-corrected chi connectivity index (χ0v) is 11.9. The minimum atomic E-state index is -0.903. The van der Waals surface area contributed by atoms with Crippen molar-refractivity contribution in [1.29, 1.82) is 0 Å². The van der Waals surface area contributed by atoms with Crippen molar-refractivity contribution in [2.45, 2.75) is 12.8 Å². The van der Waals surface area contributed by atoms with Crippen molar-refractivity contribution in [3.63, 3.8) is 0 Å². The van der Waals surface area contributed by atoms with Crippen LogP contribution < -0.4 is 11.3 Å². The Labute approximate surface area is 122 Å². The molecule has 1 fully saturated rings. The molecule has 0 unspecified atom stereocenters. The van der Waals surface area contributed by atoms with Crippen molar-refractivity contribution in [3.05, 3.63) is 29.3 Å². The number of anilines is 1. The molecule has 0 heterocycles. The zero-order valence-electron chi connectivity index (χ0n) is 11.9. The number of carbonyl (C=O) groups is 1. The van der Waals surface area contributed by atoms with Crippen LogP contribution in [-0.2, 0) is 4.74 Å². The highest BCUT2D eigenvalue weighted by Crippen LogP contribution is 2.28. The van der Waals surface area contributed by atoms with Crippen LogP contribution in [0.1, 0.15) is 23.2 Å². The summed E-state index contributed by atoms with van der Waals surface area (Å²) >= 11 is 0. The van der Waals surface area contributed by atoms with Crippen LogP contribution in [0.5, 0.6) is 0 Å². The highest BCUT2D eigenvalue weighted by Gasteiger charge is 2.21. The van der Waals surface area contributed by atoms with Gasteiger partial charge in [-0.25, -0.2) is 8.78 Å². The first-order valence-corrected chi connectivity index (χ1v) is 6.81. The standard InChI is InChI=1S/C14H19F2N3O2/c1-19(4-5-21-8-9-2-3-9)14(20)10-6-11(15)13(18-17)12(16)7-10/h6-7,9,18H,2-5,8,17H2,1H3. The summed E-state index contributed by atoms with van der Waals surface area (Å²) in [5.41, 5.74) is 1.40. The van der Waals surface area contributed by atoms with Gasteiger partial charge in [0.05, 0.1) is 6.61 Å². The minimum Gasteiger partial charge on any atom is -0.379 e. The molecule has 5 nitrogen and oxygen atoms in total. The normalized spacial score (nSPS) is 14.1. The summed E-state index contributed by atoms with van der Waals surface area (Å²) in [7, 11) is 1.56. The lowest BCUT2D eigenvalue weighted by Gasteiger charge is -2.18. The van der Waals surface area contributed by atoms with Crippen molar-refractivity contribution >= 4 is 11.6 Å². The largest absolute Gasteiger partial charge is 0.379 e. The van der Waals surface area contributed by atoms with Crippen LogP contribution in [0.2, 0.25) is 0 Å². The van der Waals surface area contributed by atoms with Gasteiger partial charge in [-0.15, -0.1) is 0 Å². The van der Waals surface area contributed by atoms with Crippen LogP contribution >= 0.6 is 0 Å². The van der Waals surface area contributed by atoms with Crippen LogP contribution in [0.4, 0.5) is 14.5 Å². The van der Waals surface area contributed by atoms with Gasteiger partial charge in [-0.3, -0.25) is 10.6 Å². The maximum absolute atomic E-state index is 13.6. The number of hydrazine groups is 1. The smallest absolute Gasteiger partial charge is 0.253 e. The SMILES string of the molecule is CN(CCOCC1CC1)C(=O)c1cc(F)c(NN)c(F)c1.